The third-order valence-corrected chi connectivity index (χ3v) is 6.89. The maximum atomic E-state index is 13.5. The standard InChI is InChI=1S/C14H21FN2O2S2/c1-3-13-10-17(6-7-20-13)21(18,19)14-8-12(15)5-4-11(14)9-16-2/h4-5,8,13,16H,3,6-7,9-10H2,1-2H3. The zero-order chi connectivity index (χ0) is 15.5. The summed E-state index contributed by atoms with van der Waals surface area (Å²) in [5.41, 5.74) is 0.602. The normalized spacial score (nSPS) is 20.6. The average molecular weight is 332 g/mol. The monoisotopic (exact) mass is 332 g/mol. The number of hydrogen-bond acceptors (Lipinski definition) is 4. The molecule has 1 atom stereocenters. The van der Waals surface area contributed by atoms with Crippen molar-refractivity contribution < 1.29 is 12.8 Å². The van der Waals surface area contributed by atoms with E-state index >= 15 is 0 Å². The van der Waals surface area contributed by atoms with Gasteiger partial charge >= 0.3 is 0 Å². The van der Waals surface area contributed by atoms with E-state index in [4.69, 9.17) is 0 Å². The first-order valence-electron chi connectivity index (χ1n) is 7.03. The van der Waals surface area contributed by atoms with E-state index in [1.165, 1.54) is 16.4 Å². The van der Waals surface area contributed by atoms with Crippen molar-refractivity contribution in [2.75, 3.05) is 25.9 Å². The smallest absolute Gasteiger partial charge is 0.243 e. The average Bonchev–Trinajstić information content (AvgIpc) is 2.49. The molecule has 0 bridgehead atoms. The molecule has 1 N–H and O–H groups in total. The Morgan fingerprint density at radius 3 is 2.90 bits per heavy atom. The van der Waals surface area contributed by atoms with Crippen LogP contribution in [-0.4, -0.2) is 43.9 Å². The quantitative estimate of drug-likeness (QED) is 0.897. The van der Waals surface area contributed by atoms with Gasteiger partial charge in [-0.3, -0.25) is 0 Å². The van der Waals surface area contributed by atoms with Gasteiger partial charge in [0, 0.05) is 30.6 Å². The molecule has 1 aromatic carbocycles. The molecule has 1 heterocycles. The van der Waals surface area contributed by atoms with Crippen molar-refractivity contribution in [1.29, 1.82) is 0 Å². The summed E-state index contributed by atoms with van der Waals surface area (Å²) in [7, 11) is -1.90. The SMILES string of the molecule is CCC1CN(S(=O)(=O)c2cc(F)ccc2CNC)CCS1. The Bertz CT molecular complexity index is 593. The van der Waals surface area contributed by atoms with Crippen LogP contribution in [0.15, 0.2) is 23.1 Å². The van der Waals surface area contributed by atoms with Gasteiger partial charge in [-0.15, -0.1) is 0 Å². The highest BCUT2D eigenvalue weighted by molar-refractivity contribution is 8.00. The molecule has 21 heavy (non-hydrogen) atoms. The van der Waals surface area contributed by atoms with Crippen LogP contribution in [0.3, 0.4) is 0 Å². The molecule has 4 nitrogen and oxygen atoms in total. The largest absolute Gasteiger partial charge is 0.316 e. The Morgan fingerprint density at radius 1 is 1.48 bits per heavy atom. The summed E-state index contributed by atoms with van der Waals surface area (Å²) in [6.07, 6.45) is 0.934. The second kappa shape index (κ2) is 7.09. The lowest BCUT2D eigenvalue weighted by atomic mass is 10.2. The number of nitrogens with zero attached hydrogens (tertiary/aromatic N) is 1. The molecule has 1 unspecified atom stereocenters. The Kier molecular flexibility index (Phi) is 5.65. The number of halogens is 1. The van der Waals surface area contributed by atoms with E-state index in [1.54, 1.807) is 18.8 Å². The first-order chi connectivity index (χ1) is 9.98. The van der Waals surface area contributed by atoms with Gasteiger partial charge in [0.2, 0.25) is 10.0 Å². The van der Waals surface area contributed by atoms with Crippen molar-refractivity contribution >= 4 is 21.8 Å². The first-order valence-corrected chi connectivity index (χ1v) is 9.52. The van der Waals surface area contributed by atoms with Gasteiger partial charge in [-0.05, 0) is 31.2 Å². The van der Waals surface area contributed by atoms with Crippen molar-refractivity contribution in [3.63, 3.8) is 0 Å². The third kappa shape index (κ3) is 3.77. The van der Waals surface area contributed by atoms with Crippen molar-refractivity contribution in [2.24, 2.45) is 0 Å². The highest BCUT2D eigenvalue weighted by Gasteiger charge is 2.31. The van der Waals surface area contributed by atoms with Gasteiger partial charge in [0.15, 0.2) is 0 Å². The van der Waals surface area contributed by atoms with Crippen LogP contribution < -0.4 is 5.32 Å². The molecule has 118 valence electrons. The van der Waals surface area contributed by atoms with Gasteiger partial charge in [-0.25, -0.2) is 12.8 Å². The number of rotatable bonds is 5. The van der Waals surface area contributed by atoms with E-state index in [1.807, 2.05) is 0 Å². The van der Waals surface area contributed by atoms with Gasteiger partial charge in [-0.1, -0.05) is 13.0 Å². The first kappa shape index (κ1) is 16.7. The predicted molar refractivity (Wildman–Crippen MR) is 84.5 cm³/mol. The van der Waals surface area contributed by atoms with E-state index in [-0.39, 0.29) is 4.90 Å². The molecule has 1 fully saturated rings. The second-order valence-electron chi connectivity index (χ2n) is 5.05. The topological polar surface area (TPSA) is 49.4 Å². The van der Waals surface area contributed by atoms with Crippen LogP contribution in [0.2, 0.25) is 0 Å². The lowest BCUT2D eigenvalue weighted by Crippen LogP contribution is -2.42. The van der Waals surface area contributed by atoms with Crippen molar-refractivity contribution in [3.8, 4) is 0 Å². The Balaban J connectivity index is 2.36. The van der Waals surface area contributed by atoms with Crippen molar-refractivity contribution in [3.05, 3.63) is 29.6 Å². The summed E-state index contributed by atoms with van der Waals surface area (Å²) in [6, 6.07) is 3.96. The number of thioether (sulfide) groups is 1. The van der Waals surface area contributed by atoms with Crippen molar-refractivity contribution in [2.45, 2.75) is 30.0 Å². The molecule has 2 rings (SSSR count). The van der Waals surface area contributed by atoms with Crippen LogP contribution in [0, 0.1) is 5.82 Å². The lowest BCUT2D eigenvalue weighted by molar-refractivity contribution is 0.415. The van der Waals surface area contributed by atoms with Gasteiger partial charge < -0.3 is 5.32 Å². The Hall–Kier alpha value is -0.630. The molecular formula is C14H21FN2O2S2. The summed E-state index contributed by atoms with van der Waals surface area (Å²) in [6.45, 7) is 3.44. The maximum Gasteiger partial charge on any atom is 0.243 e. The minimum Gasteiger partial charge on any atom is -0.316 e. The summed E-state index contributed by atoms with van der Waals surface area (Å²) in [5.74, 6) is 0.265. The van der Waals surface area contributed by atoms with Gasteiger partial charge in [-0.2, -0.15) is 16.1 Å². The third-order valence-electron chi connectivity index (χ3n) is 3.57. The molecule has 0 amide bonds. The zero-order valence-corrected chi connectivity index (χ0v) is 13.9. The molecule has 1 aromatic rings. The Labute approximate surface area is 130 Å². The lowest BCUT2D eigenvalue weighted by Gasteiger charge is -2.31. The number of benzene rings is 1. The van der Waals surface area contributed by atoms with E-state index in [0.29, 0.717) is 30.4 Å². The number of nitrogens with one attached hydrogen (secondary N) is 1. The molecule has 0 saturated carbocycles. The fourth-order valence-electron chi connectivity index (χ4n) is 2.40. The highest BCUT2D eigenvalue weighted by atomic mass is 32.2. The molecule has 7 heteroatoms. The van der Waals surface area contributed by atoms with Crippen molar-refractivity contribution in [1.82, 2.24) is 9.62 Å². The molecule has 0 aromatic heterocycles. The van der Waals surface area contributed by atoms with Gasteiger partial charge in [0.1, 0.15) is 5.82 Å². The van der Waals surface area contributed by atoms with Gasteiger partial charge in [0.05, 0.1) is 4.90 Å². The van der Waals surface area contributed by atoms with Crippen LogP contribution in [0.25, 0.3) is 0 Å². The summed E-state index contributed by atoms with van der Waals surface area (Å²) >= 11 is 1.80. The molecule has 0 radical (unpaired) electrons. The van der Waals surface area contributed by atoms with Crippen LogP contribution in [-0.2, 0) is 16.6 Å². The van der Waals surface area contributed by atoms with Crippen LogP contribution in [0.5, 0.6) is 0 Å². The molecular weight excluding hydrogens is 311 g/mol. The van der Waals surface area contributed by atoms with Crippen LogP contribution in [0.4, 0.5) is 4.39 Å². The van der Waals surface area contributed by atoms with Gasteiger partial charge in [0.25, 0.3) is 0 Å². The van der Waals surface area contributed by atoms with Crippen LogP contribution in [0.1, 0.15) is 18.9 Å². The molecule has 1 saturated heterocycles. The Morgan fingerprint density at radius 2 is 2.24 bits per heavy atom. The predicted octanol–water partition coefficient (Wildman–Crippen LogP) is 2.06. The summed E-state index contributed by atoms with van der Waals surface area (Å²) in [5, 5.41) is 3.24. The fourth-order valence-corrected chi connectivity index (χ4v) is 5.51. The minimum atomic E-state index is -3.64. The van der Waals surface area contributed by atoms with E-state index in [2.05, 4.69) is 12.2 Å². The second-order valence-corrected chi connectivity index (χ2v) is 8.36. The number of sulfonamides is 1. The van der Waals surface area contributed by atoms with E-state index in [0.717, 1.165) is 18.2 Å². The molecule has 0 spiro atoms. The highest BCUT2D eigenvalue weighted by Crippen LogP contribution is 2.28. The van der Waals surface area contributed by atoms with Crippen LogP contribution >= 0.6 is 11.8 Å². The van der Waals surface area contributed by atoms with E-state index in [9.17, 15) is 12.8 Å². The zero-order valence-electron chi connectivity index (χ0n) is 12.3. The molecule has 1 aliphatic rings. The summed E-state index contributed by atoms with van der Waals surface area (Å²) < 4.78 is 40.6. The molecule has 0 aliphatic carbocycles. The molecule has 1 aliphatic heterocycles. The summed E-state index contributed by atoms with van der Waals surface area (Å²) in [4.78, 5) is 0.0820. The minimum absolute atomic E-state index is 0.0820. The van der Waals surface area contributed by atoms with E-state index < -0.39 is 15.8 Å². The fraction of sp³-hybridized carbons (Fsp3) is 0.571. The number of hydrogen-bond donors (Lipinski definition) is 1. The maximum absolute atomic E-state index is 13.5.